The first-order chi connectivity index (χ1) is 15.0. The first-order valence-corrected chi connectivity index (χ1v) is 13.3. The molecule has 0 fully saturated rings. The van der Waals surface area contributed by atoms with Gasteiger partial charge in [0.1, 0.15) is 17.2 Å². The SMILES string of the molecule is CCCOc1ccc(C(=O)/C(=N/N)c2ccccc2OP(=O)(OCC)SCCC)cc1. The van der Waals surface area contributed by atoms with Crippen molar-refractivity contribution in [1.29, 1.82) is 0 Å². The third-order valence-electron chi connectivity index (χ3n) is 4.03. The number of hydrazone groups is 1. The number of para-hydroxylation sites is 1. The van der Waals surface area contributed by atoms with Crippen LogP contribution in [0.25, 0.3) is 0 Å². The van der Waals surface area contributed by atoms with Crippen LogP contribution in [0.5, 0.6) is 11.5 Å². The molecule has 0 spiro atoms. The van der Waals surface area contributed by atoms with E-state index in [1.807, 2.05) is 13.8 Å². The van der Waals surface area contributed by atoms with Crippen molar-refractivity contribution in [1.82, 2.24) is 0 Å². The van der Waals surface area contributed by atoms with Crippen LogP contribution in [-0.4, -0.2) is 30.5 Å². The van der Waals surface area contributed by atoms with Crippen LogP contribution in [0.4, 0.5) is 0 Å². The first kappa shape index (κ1) is 25.0. The molecule has 0 heterocycles. The number of ether oxygens (including phenoxy) is 1. The van der Waals surface area contributed by atoms with E-state index in [0.29, 0.717) is 29.2 Å². The Bertz CT molecular complexity index is 934. The molecular weight excluding hydrogens is 435 g/mol. The van der Waals surface area contributed by atoms with E-state index in [0.717, 1.165) is 24.2 Å². The van der Waals surface area contributed by atoms with Crippen molar-refractivity contribution < 1.29 is 23.1 Å². The number of carbonyl (C=O) groups is 1. The number of carbonyl (C=O) groups excluding carboxylic acids is 1. The highest BCUT2D eigenvalue weighted by atomic mass is 32.7. The van der Waals surface area contributed by atoms with Crippen LogP contribution in [0.3, 0.4) is 0 Å². The number of nitrogens with two attached hydrogens (primary N) is 1. The van der Waals surface area contributed by atoms with Gasteiger partial charge in [-0.1, -0.05) is 26.0 Å². The average Bonchev–Trinajstić information content (AvgIpc) is 2.78. The summed E-state index contributed by atoms with van der Waals surface area (Å²) in [5.41, 5.74) is 0.746. The van der Waals surface area contributed by atoms with Crippen LogP contribution in [0.1, 0.15) is 49.5 Å². The molecule has 0 saturated carbocycles. The highest BCUT2D eigenvalue weighted by molar-refractivity contribution is 8.55. The van der Waals surface area contributed by atoms with Gasteiger partial charge in [-0.2, -0.15) is 5.10 Å². The van der Waals surface area contributed by atoms with Gasteiger partial charge in [0.15, 0.2) is 0 Å². The lowest BCUT2D eigenvalue weighted by Gasteiger charge is -2.19. The van der Waals surface area contributed by atoms with Crippen molar-refractivity contribution in [2.24, 2.45) is 10.9 Å². The van der Waals surface area contributed by atoms with Crippen LogP contribution in [0, 0.1) is 0 Å². The summed E-state index contributed by atoms with van der Waals surface area (Å²) >= 11 is 1.13. The van der Waals surface area contributed by atoms with Crippen LogP contribution in [0.2, 0.25) is 0 Å². The zero-order valence-corrected chi connectivity index (χ0v) is 19.8. The normalized spacial score (nSPS) is 13.5. The van der Waals surface area contributed by atoms with E-state index >= 15 is 0 Å². The molecule has 2 rings (SSSR count). The van der Waals surface area contributed by atoms with Crippen molar-refractivity contribution in [3.05, 3.63) is 59.7 Å². The van der Waals surface area contributed by atoms with Crippen LogP contribution < -0.4 is 15.1 Å². The fraction of sp³-hybridized carbons (Fsp3) is 0.364. The van der Waals surface area contributed by atoms with E-state index < -0.39 is 6.80 Å². The van der Waals surface area contributed by atoms with Gasteiger partial charge in [0, 0.05) is 16.9 Å². The Morgan fingerprint density at radius 3 is 2.39 bits per heavy atom. The van der Waals surface area contributed by atoms with Crippen molar-refractivity contribution in [2.45, 2.75) is 33.6 Å². The molecule has 0 radical (unpaired) electrons. The Kier molecular flexibility index (Phi) is 10.1. The Morgan fingerprint density at radius 1 is 1.06 bits per heavy atom. The largest absolute Gasteiger partial charge is 0.494 e. The molecular formula is C22H29N2O5PS. The maximum absolute atomic E-state index is 13.1. The fourth-order valence-corrected chi connectivity index (χ4v) is 6.08. The lowest BCUT2D eigenvalue weighted by atomic mass is 10.00. The van der Waals surface area contributed by atoms with Crippen LogP contribution in [0.15, 0.2) is 53.6 Å². The van der Waals surface area contributed by atoms with Gasteiger partial charge < -0.3 is 15.1 Å². The molecule has 2 aromatic rings. The molecule has 1 atom stereocenters. The molecule has 168 valence electrons. The monoisotopic (exact) mass is 464 g/mol. The standard InChI is InChI=1S/C22H29N2O5PS/c1-4-15-27-18-13-11-17(12-14-18)22(25)21(24-23)19-9-7-8-10-20(19)29-30(26,28-6-3)31-16-5-2/h7-14H,4-6,15-16,23H2,1-3H3/b24-21+. The minimum absolute atomic E-state index is 0.00127. The number of rotatable bonds is 13. The smallest absolute Gasteiger partial charge is 0.440 e. The zero-order valence-electron chi connectivity index (χ0n) is 18.1. The van der Waals surface area contributed by atoms with Crippen LogP contribution >= 0.6 is 18.2 Å². The first-order valence-electron chi connectivity index (χ1n) is 10.2. The van der Waals surface area contributed by atoms with Gasteiger partial charge in [-0.05, 0) is 67.5 Å². The third-order valence-corrected chi connectivity index (χ3v) is 7.96. The fourth-order valence-electron chi connectivity index (χ4n) is 2.62. The summed E-state index contributed by atoms with van der Waals surface area (Å²) in [6.45, 7) is 3.12. The maximum atomic E-state index is 13.1. The van der Waals surface area contributed by atoms with Gasteiger partial charge >= 0.3 is 6.80 Å². The van der Waals surface area contributed by atoms with E-state index in [2.05, 4.69) is 5.10 Å². The Balaban J connectivity index is 2.32. The minimum Gasteiger partial charge on any atom is -0.494 e. The van der Waals surface area contributed by atoms with Crippen molar-refractivity contribution >= 4 is 29.7 Å². The van der Waals surface area contributed by atoms with E-state index in [9.17, 15) is 9.36 Å². The van der Waals surface area contributed by atoms with Gasteiger partial charge in [-0.15, -0.1) is 0 Å². The van der Waals surface area contributed by atoms with Gasteiger partial charge in [-0.3, -0.25) is 9.32 Å². The molecule has 2 aromatic carbocycles. The second kappa shape index (κ2) is 12.5. The van der Waals surface area contributed by atoms with Gasteiger partial charge in [0.05, 0.1) is 13.2 Å². The Labute approximate surface area is 187 Å². The molecule has 0 saturated heterocycles. The van der Waals surface area contributed by atoms with E-state index in [4.69, 9.17) is 19.6 Å². The summed E-state index contributed by atoms with van der Waals surface area (Å²) in [5.74, 6) is 6.73. The second-order valence-corrected chi connectivity index (χ2v) is 10.6. The summed E-state index contributed by atoms with van der Waals surface area (Å²) in [5, 5.41) is 3.72. The van der Waals surface area contributed by atoms with Gasteiger partial charge in [0.2, 0.25) is 5.78 Å². The van der Waals surface area contributed by atoms with Gasteiger partial charge in [-0.25, -0.2) is 4.57 Å². The summed E-state index contributed by atoms with van der Waals surface area (Å²) in [6, 6.07) is 13.5. The summed E-state index contributed by atoms with van der Waals surface area (Å²) in [6.07, 6.45) is 1.71. The topological polar surface area (TPSA) is 100 Å². The number of ketones is 1. The summed E-state index contributed by atoms with van der Waals surface area (Å²) in [7, 11) is 0. The van der Waals surface area contributed by atoms with Crippen LogP contribution in [-0.2, 0) is 9.09 Å². The molecule has 0 bridgehead atoms. The lowest BCUT2D eigenvalue weighted by Crippen LogP contribution is -2.19. The van der Waals surface area contributed by atoms with Gasteiger partial charge in [0.25, 0.3) is 0 Å². The molecule has 7 nitrogen and oxygen atoms in total. The zero-order chi connectivity index (χ0) is 22.7. The molecule has 0 aromatic heterocycles. The molecule has 0 aliphatic heterocycles. The van der Waals surface area contributed by atoms with E-state index in [1.54, 1.807) is 55.5 Å². The van der Waals surface area contributed by atoms with E-state index in [1.165, 1.54) is 0 Å². The quantitative estimate of drug-likeness (QED) is 0.134. The molecule has 0 amide bonds. The molecule has 31 heavy (non-hydrogen) atoms. The molecule has 1 unspecified atom stereocenters. The number of Topliss-reactive ketones (excluding diaryl/α,β-unsaturated/α-hetero) is 1. The number of hydrogen-bond acceptors (Lipinski definition) is 8. The highest BCUT2D eigenvalue weighted by Crippen LogP contribution is 2.60. The molecule has 9 heteroatoms. The third kappa shape index (κ3) is 7.13. The molecule has 2 N–H and O–H groups in total. The van der Waals surface area contributed by atoms with Crippen molar-refractivity contribution in [2.75, 3.05) is 19.0 Å². The highest BCUT2D eigenvalue weighted by Gasteiger charge is 2.29. The number of benzene rings is 2. The number of nitrogens with zero attached hydrogens (tertiary/aromatic N) is 1. The predicted molar refractivity (Wildman–Crippen MR) is 126 cm³/mol. The molecule has 0 aliphatic carbocycles. The second-order valence-electron chi connectivity index (χ2n) is 6.47. The Hall–Kier alpha value is -2.28. The summed E-state index contributed by atoms with van der Waals surface area (Å²) in [4.78, 5) is 13.1. The maximum Gasteiger partial charge on any atom is 0.440 e. The average molecular weight is 465 g/mol. The minimum atomic E-state index is -3.46. The van der Waals surface area contributed by atoms with Crippen molar-refractivity contribution in [3.8, 4) is 11.5 Å². The summed E-state index contributed by atoms with van der Waals surface area (Å²) < 4.78 is 29.9. The van der Waals surface area contributed by atoms with Crippen molar-refractivity contribution in [3.63, 3.8) is 0 Å². The lowest BCUT2D eigenvalue weighted by molar-refractivity contribution is 0.106. The predicted octanol–water partition coefficient (Wildman–Crippen LogP) is 5.69. The Morgan fingerprint density at radius 2 is 1.77 bits per heavy atom. The van der Waals surface area contributed by atoms with E-state index in [-0.39, 0.29) is 23.9 Å². The molecule has 0 aliphatic rings. The number of hydrogen-bond donors (Lipinski definition) is 1.